The fraction of sp³-hybridized carbons (Fsp3) is 0.355. The topological polar surface area (TPSA) is 96.3 Å². The third kappa shape index (κ3) is 9.56. The van der Waals surface area contributed by atoms with Crippen LogP contribution >= 0.6 is 0 Å². The van der Waals surface area contributed by atoms with Gasteiger partial charge in [0, 0.05) is 18.5 Å². The Kier molecular flexibility index (Phi) is 11.7. The molecule has 0 amide bonds. The molecule has 1 aliphatic rings. The summed E-state index contributed by atoms with van der Waals surface area (Å²) in [4.78, 5) is 20.8. The van der Waals surface area contributed by atoms with E-state index < -0.39 is 11.9 Å². The molecule has 0 unspecified atom stereocenters. The molecule has 7 heteroatoms. The standard InChI is InChI=1S/C29H35NO2.C2H2O4/c1-2-3-10-19-30-20-18-29(24-12-6-4-7-13-24)25(22-30)23-31-27-16-11-17-28(21-27)32-26-14-8-5-9-15-26;3-1(4)2(5)6/h4-9,11-17,21,25,29H,2-3,10,18-20,22-23H2,1H3;(H,3,4)(H,5,6)/t25-,29-;/m0./s1. The minimum atomic E-state index is -1.82. The van der Waals surface area contributed by atoms with Crippen molar-refractivity contribution in [1.29, 1.82) is 0 Å². The Morgan fingerprint density at radius 1 is 0.842 bits per heavy atom. The number of para-hydroxylation sites is 1. The number of nitrogens with zero attached hydrogens (tertiary/aromatic N) is 1. The van der Waals surface area contributed by atoms with Crippen molar-refractivity contribution in [3.05, 3.63) is 90.5 Å². The van der Waals surface area contributed by atoms with E-state index in [-0.39, 0.29) is 0 Å². The molecule has 0 aromatic heterocycles. The quantitative estimate of drug-likeness (QED) is 0.239. The highest BCUT2D eigenvalue weighted by molar-refractivity contribution is 6.27. The summed E-state index contributed by atoms with van der Waals surface area (Å²) in [7, 11) is 0. The lowest BCUT2D eigenvalue weighted by Crippen LogP contribution is -2.42. The first-order valence-electron chi connectivity index (χ1n) is 13.2. The fourth-order valence-corrected chi connectivity index (χ4v) is 4.66. The second-order valence-corrected chi connectivity index (χ2v) is 9.38. The largest absolute Gasteiger partial charge is 0.493 e. The van der Waals surface area contributed by atoms with E-state index in [2.05, 4.69) is 42.2 Å². The summed E-state index contributed by atoms with van der Waals surface area (Å²) < 4.78 is 12.3. The number of benzene rings is 3. The predicted molar refractivity (Wildman–Crippen MR) is 147 cm³/mol. The van der Waals surface area contributed by atoms with Crippen molar-refractivity contribution >= 4 is 11.9 Å². The van der Waals surface area contributed by atoms with Gasteiger partial charge in [-0.3, -0.25) is 0 Å². The van der Waals surface area contributed by atoms with Crippen molar-refractivity contribution in [1.82, 2.24) is 4.90 Å². The van der Waals surface area contributed by atoms with Crippen LogP contribution < -0.4 is 9.47 Å². The van der Waals surface area contributed by atoms with Gasteiger partial charge in [0.2, 0.25) is 0 Å². The molecule has 38 heavy (non-hydrogen) atoms. The Hall–Kier alpha value is -3.84. The van der Waals surface area contributed by atoms with E-state index in [1.807, 2.05) is 54.6 Å². The maximum atomic E-state index is 9.10. The maximum absolute atomic E-state index is 9.10. The van der Waals surface area contributed by atoms with Crippen LogP contribution in [-0.4, -0.2) is 53.3 Å². The van der Waals surface area contributed by atoms with E-state index in [0.29, 0.717) is 11.8 Å². The Balaban J connectivity index is 0.000000599. The number of likely N-dealkylation sites (tertiary alicyclic amines) is 1. The van der Waals surface area contributed by atoms with E-state index in [4.69, 9.17) is 29.3 Å². The van der Waals surface area contributed by atoms with Gasteiger partial charge in [0.05, 0.1) is 6.61 Å². The Morgan fingerprint density at radius 2 is 1.47 bits per heavy atom. The van der Waals surface area contributed by atoms with E-state index in [1.54, 1.807) is 0 Å². The number of carboxylic acids is 2. The molecule has 0 spiro atoms. The van der Waals surface area contributed by atoms with Gasteiger partial charge in [-0.15, -0.1) is 0 Å². The Morgan fingerprint density at radius 3 is 2.13 bits per heavy atom. The van der Waals surface area contributed by atoms with Crippen LogP contribution in [0.3, 0.4) is 0 Å². The van der Waals surface area contributed by atoms with Crippen LogP contribution in [0.2, 0.25) is 0 Å². The summed E-state index contributed by atoms with van der Waals surface area (Å²) in [5.74, 6) is -0.117. The van der Waals surface area contributed by atoms with Gasteiger partial charge in [0.1, 0.15) is 17.2 Å². The van der Waals surface area contributed by atoms with Gasteiger partial charge >= 0.3 is 11.9 Å². The van der Waals surface area contributed by atoms with Gasteiger partial charge in [-0.25, -0.2) is 9.59 Å². The zero-order valence-electron chi connectivity index (χ0n) is 21.9. The molecule has 1 heterocycles. The number of carboxylic acid groups (broad SMARTS) is 2. The molecule has 3 aromatic carbocycles. The first kappa shape index (κ1) is 28.7. The molecule has 0 saturated carbocycles. The lowest BCUT2D eigenvalue weighted by Gasteiger charge is -2.39. The van der Waals surface area contributed by atoms with Crippen LogP contribution in [0.15, 0.2) is 84.9 Å². The van der Waals surface area contributed by atoms with Crippen molar-refractivity contribution in [3.8, 4) is 17.2 Å². The maximum Gasteiger partial charge on any atom is 0.414 e. The van der Waals surface area contributed by atoms with Crippen molar-refractivity contribution in [2.45, 2.75) is 38.5 Å². The minimum Gasteiger partial charge on any atom is -0.493 e. The average Bonchev–Trinajstić information content (AvgIpc) is 2.94. The fourth-order valence-electron chi connectivity index (χ4n) is 4.66. The number of piperidine rings is 1. The molecule has 0 bridgehead atoms. The summed E-state index contributed by atoms with van der Waals surface area (Å²) in [6.45, 7) is 6.47. The molecule has 0 aliphatic carbocycles. The van der Waals surface area contributed by atoms with Crippen molar-refractivity contribution in [2.24, 2.45) is 5.92 Å². The predicted octanol–water partition coefficient (Wildman–Crippen LogP) is 6.31. The average molecular weight is 520 g/mol. The number of aliphatic carboxylic acids is 2. The zero-order chi connectivity index (χ0) is 27.2. The zero-order valence-corrected chi connectivity index (χ0v) is 21.9. The number of hydrogen-bond acceptors (Lipinski definition) is 5. The second kappa shape index (κ2) is 15.4. The minimum absolute atomic E-state index is 0.478. The second-order valence-electron chi connectivity index (χ2n) is 9.38. The Labute approximate surface area is 224 Å². The molecule has 1 saturated heterocycles. The summed E-state index contributed by atoms with van der Waals surface area (Å²) in [6.07, 6.45) is 5.07. The molecule has 7 nitrogen and oxygen atoms in total. The van der Waals surface area contributed by atoms with Crippen LogP contribution in [0.1, 0.15) is 44.1 Å². The van der Waals surface area contributed by atoms with Gasteiger partial charge in [-0.05, 0) is 61.7 Å². The van der Waals surface area contributed by atoms with Gasteiger partial charge in [-0.2, -0.15) is 0 Å². The van der Waals surface area contributed by atoms with Crippen molar-refractivity contribution in [3.63, 3.8) is 0 Å². The molecule has 4 rings (SSSR count). The van der Waals surface area contributed by atoms with E-state index >= 15 is 0 Å². The summed E-state index contributed by atoms with van der Waals surface area (Å²) >= 11 is 0. The molecule has 1 fully saturated rings. The molecular weight excluding hydrogens is 482 g/mol. The monoisotopic (exact) mass is 519 g/mol. The third-order valence-corrected chi connectivity index (χ3v) is 6.56. The lowest BCUT2D eigenvalue weighted by molar-refractivity contribution is -0.159. The summed E-state index contributed by atoms with van der Waals surface area (Å²) in [5.41, 5.74) is 1.44. The summed E-state index contributed by atoms with van der Waals surface area (Å²) in [6, 6.07) is 28.8. The molecule has 3 aromatic rings. The van der Waals surface area contributed by atoms with Gasteiger partial charge < -0.3 is 24.6 Å². The lowest BCUT2D eigenvalue weighted by atomic mass is 9.81. The van der Waals surface area contributed by atoms with Crippen LogP contribution in [0.5, 0.6) is 17.2 Å². The van der Waals surface area contributed by atoms with Crippen molar-refractivity contribution < 1.29 is 29.3 Å². The van der Waals surface area contributed by atoms with E-state index in [9.17, 15) is 0 Å². The molecule has 2 N–H and O–H groups in total. The highest BCUT2D eigenvalue weighted by atomic mass is 16.5. The van der Waals surface area contributed by atoms with E-state index in [0.717, 1.165) is 30.4 Å². The van der Waals surface area contributed by atoms with Gasteiger partial charge in [0.25, 0.3) is 0 Å². The number of carbonyl (C=O) groups is 2. The van der Waals surface area contributed by atoms with Gasteiger partial charge in [0.15, 0.2) is 0 Å². The molecule has 1 aliphatic heterocycles. The first-order valence-corrected chi connectivity index (χ1v) is 13.2. The third-order valence-electron chi connectivity index (χ3n) is 6.56. The molecule has 0 radical (unpaired) electrons. The summed E-state index contributed by atoms with van der Waals surface area (Å²) in [5, 5.41) is 14.8. The van der Waals surface area contributed by atoms with Crippen LogP contribution in [0, 0.1) is 5.92 Å². The van der Waals surface area contributed by atoms with Crippen molar-refractivity contribution in [2.75, 3.05) is 26.2 Å². The van der Waals surface area contributed by atoms with E-state index in [1.165, 1.54) is 44.3 Å². The van der Waals surface area contributed by atoms with Gasteiger partial charge in [-0.1, -0.05) is 74.4 Å². The SMILES string of the molecule is CCCCCN1CC[C@@H](c2ccccc2)[C@H](COc2cccc(Oc3ccccc3)c2)C1.O=C(O)C(=O)O. The number of hydrogen-bond donors (Lipinski definition) is 2. The van der Waals surface area contributed by atoms with Crippen LogP contribution in [-0.2, 0) is 9.59 Å². The molecule has 202 valence electrons. The molecule has 2 atom stereocenters. The smallest absolute Gasteiger partial charge is 0.414 e. The normalized spacial score (nSPS) is 17.1. The highest BCUT2D eigenvalue weighted by Crippen LogP contribution is 2.34. The van der Waals surface area contributed by atoms with Crippen LogP contribution in [0.4, 0.5) is 0 Å². The highest BCUT2D eigenvalue weighted by Gasteiger charge is 2.30. The molecular formula is C31H37NO6. The number of unbranched alkanes of at least 4 members (excludes halogenated alkanes) is 2. The number of ether oxygens (including phenoxy) is 2. The number of rotatable bonds is 10. The van der Waals surface area contributed by atoms with Crippen LogP contribution in [0.25, 0.3) is 0 Å². The first-order chi connectivity index (χ1) is 18.5. The Bertz CT molecular complexity index is 1110.